The van der Waals surface area contributed by atoms with Gasteiger partial charge in [-0.1, -0.05) is 47.6 Å². The number of hydrogen-bond donors (Lipinski definition) is 2. The lowest BCUT2D eigenvalue weighted by Gasteiger charge is -2.15. The Morgan fingerprint density at radius 2 is 2.00 bits per heavy atom. The molecule has 0 bridgehead atoms. The van der Waals surface area contributed by atoms with E-state index in [9.17, 15) is 9.59 Å². The molecule has 0 aliphatic carbocycles. The Hall–Kier alpha value is -3.30. The zero-order valence-corrected chi connectivity index (χ0v) is 19.8. The van der Waals surface area contributed by atoms with Crippen LogP contribution in [0.5, 0.6) is 5.75 Å². The van der Waals surface area contributed by atoms with Crippen LogP contribution in [-0.4, -0.2) is 39.4 Å². The lowest BCUT2D eigenvalue weighted by molar-refractivity contribution is -0.113. The Morgan fingerprint density at radius 1 is 1.24 bits per heavy atom. The van der Waals surface area contributed by atoms with Crippen molar-refractivity contribution in [3.63, 3.8) is 0 Å². The molecule has 3 aromatic rings. The number of ether oxygens (including phenoxy) is 1. The number of hydrogen-bond acceptors (Lipinski definition) is 6. The normalized spacial score (nSPS) is 11.5. The molecular formula is C23H24ClN5O3S. The molecule has 172 valence electrons. The van der Waals surface area contributed by atoms with Crippen LogP contribution in [-0.2, 0) is 11.3 Å². The van der Waals surface area contributed by atoms with Crippen molar-refractivity contribution in [2.45, 2.75) is 24.7 Å². The van der Waals surface area contributed by atoms with Gasteiger partial charge in [-0.05, 0) is 37.3 Å². The molecule has 8 nitrogen and oxygen atoms in total. The van der Waals surface area contributed by atoms with Crippen LogP contribution in [0.25, 0.3) is 0 Å². The first-order valence-electron chi connectivity index (χ1n) is 10.1. The standard InChI is InChI=1S/C23H24ClN5O3S/c1-4-12-29-21(15(2)25-22(31)16-8-6-5-7-9-16)27-28-23(29)33-14-20(30)26-18-13-17(24)10-11-19(18)32-3/h4-11,13,15H,1,12,14H2,2-3H3,(H,25,31)(H,26,30)/t15-/m1/s1. The highest BCUT2D eigenvalue weighted by Gasteiger charge is 2.20. The summed E-state index contributed by atoms with van der Waals surface area (Å²) >= 11 is 7.25. The number of nitrogens with zero attached hydrogens (tertiary/aromatic N) is 3. The molecule has 3 rings (SSSR count). The van der Waals surface area contributed by atoms with E-state index in [-0.39, 0.29) is 17.6 Å². The first-order valence-corrected chi connectivity index (χ1v) is 11.5. The highest BCUT2D eigenvalue weighted by Crippen LogP contribution is 2.28. The number of benzene rings is 2. The summed E-state index contributed by atoms with van der Waals surface area (Å²) in [5.41, 5.74) is 1.04. The Kier molecular flexibility index (Phi) is 8.51. The molecule has 2 aromatic carbocycles. The van der Waals surface area contributed by atoms with Gasteiger partial charge in [0.2, 0.25) is 5.91 Å². The Balaban J connectivity index is 1.68. The number of carbonyl (C=O) groups excluding carboxylic acids is 2. The molecule has 0 spiro atoms. The second kappa shape index (κ2) is 11.5. The maximum absolute atomic E-state index is 12.5. The lowest BCUT2D eigenvalue weighted by atomic mass is 10.2. The minimum atomic E-state index is -0.399. The number of methoxy groups -OCH3 is 1. The number of rotatable bonds is 10. The fourth-order valence-electron chi connectivity index (χ4n) is 3.06. The van der Waals surface area contributed by atoms with Gasteiger partial charge in [0, 0.05) is 17.1 Å². The number of carbonyl (C=O) groups is 2. The summed E-state index contributed by atoms with van der Waals surface area (Å²) in [4.78, 5) is 25.0. The maximum atomic E-state index is 12.5. The van der Waals surface area contributed by atoms with Gasteiger partial charge in [0.25, 0.3) is 5.91 Å². The van der Waals surface area contributed by atoms with Crippen LogP contribution in [0.1, 0.15) is 29.1 Å². The number of halogens is 1. The average molecular weight is 486 g/mol. The minimum absolute atomic E-state index is 0.0930. The SMILES string of the molecule is C=CCn1c(SCC(=O)Nc2cc(Cl)ccc2OC)nnc1[C@@H](C)NC(=O)c1ccccc1. The third-order valence-electron chi connectivity index (χ3n) is 4.60. The van der Waals surface area contributed by atoms with Gasteiger partial charge in [0.15, 0.2) is 11.0 Å². The third kappa shape index (κ3) is 6.36. The van der Waals surface area contributed by atoms with Crippen molar-refractivity contribution in [1.82, 2.24) is 20.1 Å². The molecule has 0 fully saturated rings. The molecule has 1 heterocycles. The van der Waals surface area contributed by atoms with Gasteiger partial charge in [-0.25, -0.2) is 0 Å². The molecule has 0 radical (unpaired) electrons. The van der Waals surface area contributed by atoms with Crippen LogP contribution >= 0.6 is 23.4 Å². The van der Waals surface area contributed by atoms with Gasteiger partial charge in [0.1, 0.15) is 5.75 Å². The number of anilines is 1. The van der Waals surface area contributed by atoms with Gasteiger partial charge < -0.3 is 19.9 Å². The summed E-state index contributed by atoms with van der Waals surface area (Å²) in [7, 11) is 1.52. The van der Waals surface area contributed by atoms with Crippen LogP contribution in [0.15, 0.2) is 66.3 Å². The zero-order valence-electron chi connectivity index (χ0n) is 18.2. The van der Waals surface area contributed by atoms with Crippen LogP contribution in [0.2, 0.25) is 5.02 Å². The Bertz CT molecular complexity index is 1140. The van der Waals surface area contributed by atoms with Gasteiger partial charge in [-0.2, -0.15) is 0 Å². The topological polar surface area (TPSA) is 98.1 Å². The van der Waals surface area contributed by atoms with Crippen molar-refractivity contribution < 1.29 is 14.3 Å². The van der Waals surface area contributed by atoms with Crippen LogP contribution in [0.4, 0.5) is 5.69 Å². The van der Waals surface area contributed by atoms with E-state index in [0.717, 1.165) is 0 Å². The summed E-state index contributed by atoms with van der Waals surface area (Å²) in [6, 6.07) is 13.5. The Morgan fingerprint density at radius 3 is 2.70 bits per heavy atom. The molecule has 0 unspecified atom stereocenters. The summed E-state index contributed by atoms with van der Waals surface area (Å²) in [5.74, 6) is 0.716. The van der Waals surface area contributed by atoms with Gasteiger partial charge in [0.05, 0.1) is 24.6 Å². The first-order chi connectivity index (χ1) is 15.9. The van der Waals surface area contributed by atoms with E-state index < -0.39 is 6.04 Å². The smallest absolute Gasteiger partial charge is 0.251 e. The van der Waals surface area contributed by atoms with E-state index in [0.29, 0.717) is 39.5 Å². The predicted octanol–water partition coefficient (Wildman–Crippen LogP) is 4.35. The number of thioether (sulfide) groups is 1. The highest BCUT2D eigenvalue weighted by atomic mass is 35.5. The van der Waals surface area contributed by atoms with Gasteiger partial charge in [-0.3, -0.25) is 9.59 Å². The monoisotopic (exact) mass is 485 g/mol. The number of nitrogens with one attached hydrogen (secondary N) is 2. The molecule has 0 aliphatic heterocycles. The molecular weight excluding hydrogens is 462 g/mol. The van der Waals surface area contributed by atoms with Crippen LogP contribution in [0, 0.1) is 0 Å². The quantitative estimate of drug-likeness (QED) is 0.327. The first kappa shape index (κ1) is 24.3. The Labute approximate surface area is 201 Å². The molecule has 0 aliphatic rings. The molecule has 10 heteroatoms. The van der Waals surface area contributed by atoms with Gasteiger partial charge in [-0.15, -0.1) is 16.8 Å². The summed E-state index contributed by atoms with van der Waals surface area (Å²) in [5, 5.41) is 15.2. The largest absolute Gasteiger partial charge is 0.495 e. The molecule has 1 aromatic heterocycles. The van der Waals surface area contributed by atoms with Crippen molar-refractivity contribution in [2.24, 2.45) is 0 Å². The van der Waals surface area contributed by atoms with E-state index in [1.54, 1.807) is 48.5 Å². The number of aromatic nitrogens is 3. The molecule has 0 saturated carbocycles. The van der Waals surface area contributed by atoms with E-state index >= 15 is 0 Å². The van der Waals surface area contributed by atoms with Crippen molar-refractivity contribution in [3.05, 3.63) is 77.6 Å². The van der Waals surface area contributed by atoms with E-state index in [1.165, 1.54) is 18.9 Å². The fraction of sp³-hybridized carbons (Fsp3) is 0.217. The average Bonchev–Trinajstić information content (AvgIpc) is 3.21. The summed E-state index contributed by atoms with van der Waals surface area (Å²) < 4.78 is 7.08. The maximum Gasteiger partial charge on any atom is 0.251 e. The number of amides is 2. The third-order valence-corrected chi connectivity index (χ3v) is 5.80. The summed E-state index contributed by atoms with van der Waals surface area (Å²) in [6.07, 6.45) is 1.71. The van der Waals surface area contributed by atoms with Crippen molar-refractivity contribution in [1.29, 1.82) is 0 Å². The van der Waals surface area contributed by atoms with Crippen molar-refractivity contribution in [2.75, 3.05) is 18.2 Å². The number of allylic oxidation sites excluding steroid dienone is 1. The lowest BCUT2D eigenvalue weighted by Crippen LogP contribution is -2.28. The highest BCUT2D eigenvalue weighted by molar-refractivity contribution is 7.99. The molecule has 0 saturated heterocycles. The molecule has 33 heavy (non-hydrogen) atoms. The molecule has 2 N–H and O–H groups in total. The van der Waals surface area contributed by atoms with E-state index in [1.807, 2.05) is 17.6 Å². The summed E-state index contributed by atoms with van der Waals surface area (Å²) in [6.45, 7) is 6.05. The molecule has 1 atom stereocenters. The van der Waals surface area contributed by atoms with Crippen LogP contribution < -0.4 is 15.4 Å². The minimum Gasteiger partial charge on any atom is -0.495 e. The van der Waals surface area contributed by atoms with Gasteiger partial charge >= 0.3 is 0 Å². The molecule has 2 amide bonds. The second-order valence-corrected chi connectivity index (χ2v) is 8.36. The van der Waals surface area contributed by atoms with Crippen LogP contribution in [0.3, 0.4) is 0 Å². The van der Waals surface area contributed by atoms with E-state index in [2.05, 4.69) is 27.4 Å². The second-order valence-electron chi connectivity index (χ2n) is 6.98. The zero-order chi connectivity index (χ0) is 23.8. The predicted molar refractivity (Wildman–Crippen MR) is 130 cm³/mol. The van der Waals surface area contributed by atoms with Crippen molar-refractivity contribution in [3.8, 4) is 5.75 Å². The van der Waals surface area contributed by atoms with E-state index in [4.69, 9.17) is 16.3 Å². The van der Waals surface area contributed by atoms with Crippen molar-refractivity contribution >= 4 is 40.9 Å². The fourth-order valence-corrected chi connectivity index (χ4v) is 3.98.